The molecule has 1 atom stereocenters. The van der Waals surface area contributed by atoms with Gasteiger partial charge in [-0.15, -0.1) is 0 Å². The summed E-state index contributed by atoms with van der Waals surface area (Å²) in [6.07, 6.45) is 0. The van der Waals surface area contributed by atoms with Crippen molar-refractivity contribution in [3.8, 4) is 0 Å². The number of hydrogen-bond acceptors (Lipinski definition) is 5. The monoisotopic (exact) mass is 216 g/mol. The molecule has 14 heavy (non-hydrogen) atoms. The highest BCUT2D eigenvalue weighted by molar-refractivity contribution is 8.16. The van der Waals surface area contributed by atoms with Crippen molar-refractivity contribution >= 4 is 22.8 Å². The molecule has 0 aliphatic carbocycles. The molecule has 0 amide bonds. The van der Waals surface area contributed by atoms with Crippen LogP contribution in [0.4, 0.5) is 0 Å². The lowest BCUT2D eigenvalue weighted by molar-refractivity contribution is -0.134. The van der Waals surface area contributed by atoms with Crippen molar-refractivity contribution < 1.29 is 9.53 Å². The molecular weight excluding hydrogens is 200 g/mol. The van der Waals surface area contributed by atoms with E-state index in [-0.39, 0.29) is 16.8 Å². The average molecular weight is 216 g/mol. The van der Waals surface area contributed by atoms with Crippen LogP contribution in [0.5, 0.6) is 0 Å². The maximum absolute atomic E-state index is 11.3. The van der Waals surface area contributed by atoms with Crippen LogP contribution < -0.4 is 5.43 Å². The van der Waals surface area contributed by atoms with E-state index in [9.17, 15) is 4.79 Å². The second kappa shape index (κ2) is 4.21. The Labute approximate surface area is 88.5 Å². The van der Waals surface area contributed by atoms with Crippen molar-refractivity contribution in [3.05, 3.63) is 0 Å². The maximum Gasteiger partial charge on any atom is 0.365 e. The molecule has 1 aliphatic heterocycles. The van der Waals surface area contributed by atoms with Crippen LogP contribution in [-0.4, -0.2) is 23.0 Å². The topological polar surface area (TPSA) is 50.7 Å². The Kier molecular flexibility index (Phi) is 3.42. The lowest BCUT2D eigenvalue weighted by Crippen LogP contribution is -2.31. The first-order chi connectivity index (χ1) is 6.45. The highest BCUT2D eigenvalue weighted by Crippen LogP contribution is 2.32. The van der Waals surface area contributed by atoms with E-state index in [0.717, 1.165) is 0 Å². The fraction of sp³-hybridized carbons (Fsp3) is 0.778. The molecule has 0 fully saturated rings. The Morgan fingerprint density at radius 1 is 1.64 bits per heavy atom. The Hall–Kier alpha value is -0.710. The van der Waals surface area contributed by atoms with E-state index in [2.05, 4.69) is 31.3 Å². The SMILES string of the molecule is CCOC(=O)C1=NNC(C(C)(C)C)S1. The highest BCUT2D eigenvalue weighted by atomic mass is 32.2. The number of hydrazone groups is 1. The molecule has 5 heteroatoms. The number of hydrogen-bond donors (Lipinski definition) is 1. The Bertz CT molecular complexity index is 258. The molecule has 1 unspecified atom stereocenters. The molecule has 1 heterocycles. The molecule has 0 saturated carbocycles. The quantitative estimate of drug-likeness (QED) is 0.712. The summed E-state index contributed by atoms with van der Waals surface area (Å²) in [5.74, 6) is -0.336. The van der Waals surface area contributed by atoms with Crippen LogP contribution in [0.3, 0.4) is 0 Å². The first kappa shape index (κ1) is 11.4. The first-order valence-corrected chi connectivity index (χ1v) is 5.50. The fourth-order valence-electron chi connectivity index (χ4n) is 0.939. The van der Waals surface area contributed by atoms with Gasteiger partial charge in [-0.25, -0.2) is 4.79 Å². The van der Waals surface area contributed by atoms with E-state index >= 15 is 0 Å². The van der Waals surface area contributed by atoms with Crippen molar-refractivity contribution in [3.63, 3.8) is 0 Å². The van der Waals surface area contributed by atoms with E-state index < -0.39 is 0 Å². The zero-order valence-electron chi connectivity index (χ0n) is 8.96. The van der Waals surface area contributed by atoms with Crippen LogP contribution in [-0.2, 0) is 9.53 Å². The summed E-state index contributed by atoms with van der Waals surface area (Å²) in [5, 5.41) is 4.52. The molecule has 0 radical (unpaired) electrons. The molecule has 80 valence electrons. The largest absolute Gasteiger partial charge is 0.461 e. The predicted molar refractivity (Wildman–Crippen MR) is 58.0 cm³/mol. The summed E-state index contributed by atoms with van der Waals surface area (Å²) in [4.78, 5) is 11.3. The summed E-state index contributed by atoms with van der Waals surface area (Å²) in [7, 11) is 0. The number of nitrogens with zero attached hydrogens (tertiary/aromatic N) is 1. The third kappa shape index (κ3) is 2.64. The lowest BCUT2D eigenvalue weighted by atomic mass is 9.97. The summed E-state index contributed by atoms with van der Waals surface area (Å²) in [5.41, 5.74) is 3.01. The molecule has 0 aromatic rings. The minimum absolute atomic E-state index is 0.0718. The van der Waals surface area contributed by atoms with Crippen LogP contribution in [0.25, 0.3) is 0 Å². The maximum atomic E-state index is 11.3. The summed E-state index contributed by atoms with van der Waals surface area (Å²) in [6, 6.07) is 0. The minimum atomic E-state index is -0.336. The smallest absolute Gasteiger partial charge is 0.365 e. The minimum Gasteiger partial charge on any atom is -0.461 e. The van der Waals surface area contributed by atoms with Crippen molar-refractivity contribution in [1.29, 1.82) is 0 Å². The predicted octanol–water partition coefficient (Wildman–Crippen LogP) is 1.57. The van der Waals surface area contributed by atoms with Gasteiger partial charge in [0.15, 0.2) is 0 Å². The number of thioether (sulfide) groups is 1. The lowest BCUT2D eigenvalue weighted by Gasteiger charge is -2.24. The standard InChI is InChI=1S/C9H16N2O2S/c1-5-13-7(12)6-10-11-8(14-6)9(2,3)4/h8,11H,5H2,1-4H3. The van der Waals surface area contributed by atoms with Gasteiger partial charge in [-0.1, -0.05) is 32.5 Å². The number of carbonyl (C=O) groups is 1. The van der Waals surface area contributed by atoms with Crippen LogP contribution in [0.15, 0.2) is 5.10 Å². The number of nitrogens with one attached hydrogen (secondary N) is 1. The molecule has 1 rings (SSSR count). The van der Waals surface area contributed by atoms with Crippen molar-refractivity contribution in [2.24, 2.45) is 10.5 Å². The molecule has 0 bridgehead atoms. The van der Waals surface area contributed by atoms with Crippen molar-refractivity contribution in [1.82, 2.24) is 5.43 Å². The van der Waals surface area contributed by atoms with Crippen molar-refractivity contribution in [2.75, 3.05) is 6.61 Å². The van der Waals surface area contributed by atoms with Gasteiger partial charge < -0.3 is 4.74 Å². The number of carbonyl (C=O) groups excluding carboxylic acids is 1. The molecule has 1 aliphatic rings. The second-order valence-electron chi connectivity index (χ2n) is 4.13. The van der Waals surface area contributed by atoms with Crippen molar-refractivity contribution in [2.45, 2.75) is 33.1 Å². The highest BCUT2D eigenvalue weighted by Gasteiger charge is 2.33. The Balaban J connectivity index is 2.52. The third-order valence-electron chi connectivity index (χ3n) is 1.75. The van der Waals surface area contributed by atoms with Gasteiger partial charge >= 0.3 is 5.97 Å². The summed E-state index contributed by atoms with van der Waals surface area (Å²) >= 11 is 1.43. The van der Waals surface area contributed by atoms with E-state index in [0.29, 0.717) is 11.7 Å². The Morgan fingerprint density at radius 3 is 2.71 bits per heavy atom. The van der Waals surface area contributed by atoms with Crippen LogP contribution in [0, 0.1) is 5.41 Å². The van der Waals surface area contributed by atoms with E-state index in [4.69, 9.17) is 4.74 Å². The Morgan fingerprint density at radius 2 is 2.29 bits per heavy atom. The van der Waals surface area contributed by atoms with Crippen LogP contribution in [0.1, 0.15) is 27.7 Å². The van der Waals surface area contributed by atoms with E-state index in [1.54, 1.807) is 6.92 Å². The molecule has 4 nitrogen and oxygen atoms in total. The van der Waals surface area contributed by atoms with Crippen LogP contribution >= 0.6 is 11.8 Å². The second-order valence-corrected chi connectivity index (χ2v) is 5.22. The van der Waals surface area contributed by atoms with Crippen LogP contribution in [0.2, 0.25) is 0 Å². The number of esters is 1. The van der Waals surface area contributed by atoms with Gasteiger partial charge in [-0.3, -0.25) is 5.43 Å². The molecule has 0 aromatic carbocycles. The third-order valence-corrected chi connectivity index (χ3v) is 3.28. The molecule has 0 aromatic heterocycles. The number of rotatable bonds is 2. The fourth-order valence-corrected chi connectivity index (χ4v) is 1.88. The van der Waals surface area contributed by atoms with Gasteiger partial charge in [0.1, 0.15) is 5.37 Å². The molecule has 0 saturated heterocycles. The van der Waals surface area contributed by atoms with Gasteiger partial charge in [0.05, 0.1) is 6.61 Å². The zero-order chi connectivity index (χ0) is 10.8. The summed E-state index contributed by atoms with van der Waals surface area (Å²) in [6.45, 7) is 8.47. The van der Waals surface area contributed by atoms with E-state index in [1.165, 1.54) is 11.8 Å². The van der Waals surface area contributed by atoms with E-state index in [1.807, 2.05) is 0 Å². The van der Waals surface area contributed by atoms with Gasteiger partial charge in [-0.05, 0) is 12.3 Å². The molecule has 0 spiro atoms. The zero-order valence-corrected chi connectivity index (χ0v) is 9.77. The van der Waals surface area contributed by atoms with Gasteiger partial charge in [0.25, 0.3) is 0 Å². The average Bonchev–Trinajstić information content (AvgIpc) is 2.51. The molecular formula is C9H16N2O2S. The van der Waals surface area contributed by atoms with Gasteiger partial charge in [0.2, 0.25) is 5.04 Å². The number of ether oxygens (including phenoxy) is 1. The molecule has 1 N–H and O–H groups in total. The van der Waals surface area contributed by atoms with Gasteiger partial charge in [0, 0.05) is 0 Å². The first-order valence-electron chi connectivity index (χ1n) is 4.62. The summed E-state index contributed by atoms with van der Waals surface area (Å²) < 4.78 is 4.86. The normalized spacial score (nSPS) is 21.4. The van der Waals surface area contributed by atoms with Gasteiger partial charge in [-0.2, -0.15) is 5.10 Å².